The predicted molar refractivity (Wildman–Crippen MR) is 57.7 cm³/mol. The van der Waals surface area contributed by atoms with Crippen LogP contribution in [-0.2, 0) is 0 Å². The summed E-state index contributed by atoms with van der Waals surface area (Å²) >= 11 is 6.23. The van der Waals surface area contributed by atoms with Crippen LogP contribution in [0.3, 0.4) is 0 Å². The zero-order chi connectivity index (χ0) is 9.94. The maximum Gasteiger partial charge on any atom is 0.0421 e. The summed E-state index contributed by atoms with van der Waals surface area (Å²) in [6.45, 7) is 12.8. The minimum atomic E-state index is -0.106. The van der Waals surface area contributed by atoms with E-state index in [1.165, 1.54) is 5.57 Å². The van der Waals surface area contributed by atoms with Gasteiger partial charge in [0.05, 0.1) is 0 Å². The van der Waals surface area contributed by atoms with E-state index >= 15 is 0 Å². The molecule has 0 bridgehead atoms. The van der Waals surface area contributed by atoms with Gasteiger partial charge in [-0.15, -0.1) is 11.6 Å². The molecular weight excluding hydrogens is 168 g/mol. The summed E-state index contributed by atoms with van der Waals surface area (Å²) in [6, 6.07) is 0. The van der Waals surface area contributed by atoms with Gasteiger partial charge in [-0.25, -0.2) is 0 Å². The highest BCUT2D eigenvalue weighted by molar-refractivity contribution is 6.23. The standard InChI is InChI=1S/C11H21Cl/c1-8(2)7-9(3)10(4)11(5,6)12/h7,9-10H,1-6H3/t9-,10+/m1/s1. The van der Waals surface area contributed by atoms with E-state index in [4.69, 9.17) is 11.6 Å². The van der Waals surface area contributed by atoms with E-state index in [0.717, 1.165) is 0 Å². The molecule has 1 heteroatoms. The Kier molecular flexibility index (Phi) is 4.33. The normalized spacial score (nSPS) is 16.9. The summed E-state index contributed by atoms with van der Waals surface area (Å²) in [6.07, 6.45) is 2.29. The third kappa shape index (κ3) is 4.15. The summed E-state index contributed by atoms with van der Waals surface area (Å²) in [5, 5.41) is 0. The lowest BCUT2D eigenvalue weighted by molar-refractivity contribution is 0.368. The minimum absolute atomic E-state index is 0.106. The van der Waals surface area contributed by atoms with Crippen molar-refractivity contribution in [3.63, 3.8) is 0 Å². The molecule has 0 saturated carbocycles. The van der Waals surface area contributed by atoms with E-state index in [1.807, 2.05) is 0 Å². The molecular formula is C11H21Cl. The smallest absolute Gasteiger partial charge is 0.0421 e. The summed E-state index contributed by atoms with van der Waals surface area (Å²) < 4.78 is 0. The first-order chi connectivity index (χ1) is 5.25. The maximum atomic E-state index is 6.23. The second-order valence-corrected chi connectivity index (χ2v) is 5.43. The third-order valence-electron chi connectivity index (χ3n) is 2.47. The van der Waals surface area contributed by atoms with Crippen LogP contribution in [0.4, 0.5) is 0 Å². The van der Waals surface area contributed by atoms with Gasteiger partial charge in [-0.05, 0) is 39.5 Å². The third-order valence-corrected chi connectivity index (χ3v) is 2.81. The number of alkyl halides is 1. The second kappa shape index (κ2) is 4.32. The van der Waals surface area contributed by atoms with Gasteiger partial charge in [-0.3, -0.25) is 0 Å². The zero-order valence-corrected chi connectivity index (χ0v) is 9.87. The van der Waals surface area contributed by atoms with Gasteiger partial charge in [-0.1, -0.05) is 25.5 Å². The average molecular weight is 189 g/mol. The molecule has 0 aliphatic rings. The Hall–Kier alpha value is 0.0300. The molecule has 0 saturated heterocycles. The molecule has 0 rings (SSSR count). The van der Waals surface area contributed by atoms with Crippen LogP contribution < -0.4 is 0 Å². The predicted octanol–water partition coefficient (Wildman–Crippen LogP) is 4.24. The average Bonchev–Trinajstić information content (AvgIpc) is 1.82. The van der Waals surface area contributed by atoms with E-state index < -0.39 is 0 Å². The molecule has 0 aromatic heterocycles. The minimum Gasteiger partial charge on any atom is -0.120 e. The molecule has 0 aliphatic carbocycles. The van der Waals surface area contributed by atoms with Gasteiger partial charge in [0.2, 0.25) is 0 Å². The van der Waals surface area contributed by atoms with Crippen molar-refractivity contribution in [3.8, 4) is 0 Å². The summed E-state index contributed by atoms with van der Waals surface area (Å²) in [7, 11) is 0. The van der Waals surface area contributed by atoms with E-state index in [2.05, 4.69) is 47.6 Å². The SMILES string of the molecule is CC(C)=C[C@@H](C)[C@H](C)C(C)(C)Cl. The van der Waals surface area contributed by atoms with Crippen molar-refractivity contribution in [2.24, 2.45) is 11.8 Å². The van der Waals surface area contributed by atoms with Crippen molar-refractivity contribution in [1.82, 2.24) is 0 Å². The van der Waals surface area contributed by atoms with Gasteiger partial charge in [0, 0.05) is 4.87 Å². The number of halogens is 1. The molecule has 2 atom stereocenters. The van der Waals surface area contributed by atoms with Crippen LogP contribution in [0.15, 0.2) is 11.6 Å². The van der Waals surface area contributed by atoms with Gasteiger partial charge < -0.3 is 0 Å². The Labute approximate surface area is 82.0 Å². The van der Waals surface area contributed by atoms with Crippen molar-refractivity contribution in [1.29, 1.82) is 0 Å². The highest BCUT2D eigenvalue weighted by Gasteiger charge is 2.26. The van der Waals surface area contributed by atoms with Crippen LogP contribution in [0.2, 0.25) is 0 Å². The van der Waals surface area contributed by atoms with E-state index in [9.17, 15) is 0 Å². The number of hydrogen-bond donors (Lipinski definition) is 0. The number of rotatable bonds is 3. The fraction of sp³-hybridized carbons (Fsp3) is 0.818. The lowest BCUT2D eigenvalue weighted by Crippen LogP contribution is -2.26. The molecule has 0 N–H and O–H groups in total. The molecule has 0 aliphatic heterocycles. The van der Waals surface area contributed by atoms with Crippen molar-refractivity contribution in [2.45, 2.75) is 46.4 Å². The quantitative estimate of drug-likeness (QED) is 0.459. The molecule has 0 aromatic rings. The van der Waals surface area contributed by atoms with E-state index in [1.54, 1.807) is 0 Å². The molecule has 0 aromatic carbocycles. The maximum absolute atomic E-state index is 6.23. The Morgan fingerprint density at radius 2 is 1.67 bits per heavy atom. The Bertz CT molecular complexity index is 158. The van der Waals surface area contributed by atoms with Crippen LogP contribution in [0, 0.1) is 11.8 Å². The first kappa shape index (κ1) is 12.0. The highest BCUT2D eigenvalue weighted by Crippen LogP contribution is 2.31. The first-order valence-corrected chi connectivity index (χ1v) is 4.97. The molecule has 0 fully saturated rings. The summed E-state index contributed by atoms with van der Waals surface area (Å²) in [5.74, 6) is 1.07. The second-order valence-electron chi connectivity index (χ2n) is 4.46. The Morgan fingerprint density at radius 3 is 1.92 bits per heavy atom. The molecule has 0 unspecified atom stereocenters. The summed E-state index contributed by atoms with van der Waals surface area (Å²) in [4.78, 5) is -0.106. The van der Waals surface area contributed by atoms with Crippen LogP contribution in [0.5, 0.6) is 0 Å². The van der Waals surface area contributed by atoms with Gasteiger partial charge in [0.15, 0.2) is 0 Å². The molecule has 0 radical (unpaired) electrons. The Balaban J connectivity index is 4.30. The number of hydrogen-bond acceptors (Lipinski definition) is 0. The molecule has 12 heavy (non-hydrogen) atoms. The molecule has 0 spiro atoms. The monoisotopic (exact) mass is 188 g/mol. The Morgan fingerprint density at radius 1 is 1.25 bits per heavy atom. The van der Waals surface area contributed by atoms with Crippen molar-refractivity contribution in [2.75, 3.05) is 0 Å². The lowest BCUT2D eigenvalue weighted by atomic mass is 9.84. The van der Waals surface area contributed by atoms with E-state index in [-0.39, 0.29) is 4.87 Å². The topological polar surface area (TPSA) is 0 Å². The van der Waals surface area contributed by atoms with Gasteiger partial charge in [0.1, 0.15) is 0 Å². The van der Waals surface area contributed by atoms with E-state index in [0.29, 0.717) is 11.8 Å². The van der Waals surface area contributed by atoms with Crippen LogP contribution in [0.1, 0.15) is 41.5 Å². The lowest BCUT2D eigenvalue weighted by Gasteiger charge is -2.28. The van der Waals surface area contributed by atoms with Crippen LogP contribution >= 0.6 is 11.6 Å². The highest BCUT2D eigenvalue weighted by atomic mass is 35.5. The summed E-state index contributed by atoms with van der Waals surface area (Å²) in [5.41, 5.74) is 1.37. The molecule has 0 nitrogen and oxygen atoms in total. The van der Waals surface area contributed by atoms with Crippen LogP contribution in [0.25, 0.3) is 0 Å². The molecule has 0 amide bonds. The van der Waals surface area contributed by atoms with Crippen molar-refractivity contribution in [3.05, 3.63) is 11.6 Å². The van der Waals surface area contributed by atoms with Gasteiger partial charge in [-0.2, -0.15) is 0 Å². The number of allylic oxidation sites excluding steroid dienone is 2. The fourth-order valence-electron chi connectivity index (χ4n) is 1.30. The van der Waals surface area contributed by atoms with Crippen molar-refractivity contribution < 1.29 is 0 Å². The van der Waals surface area contributed by atoms with Crippen LogP contribution in [-0.4, -0.2) is 4.87 Å². The molecule has 72 valence electrons. The largest absolute Gasteiger partial charge is 0.120 e. The van der Waals surface area contributed by atoms with Gasteiger partial charge >= 0.3 is 0 Å². The van der Waals surface area contributed by atoms with Crippen molar-refractivity contribution >= 4 is 11.6 Å². The fourth-order valence-corrected chi connectivity index (χ4v) is 1.49. The zero-order valence-electron chi connectivity index (χ0n) is 9.11. The molecule has 0 heterocycles. The first-order valence-electron chi connectivity index (χ1n) is 4.59. The van der Waals surface area contributed by atoms with Gasteiger partial charge in [0.25, 0.3) is 0 Å².